The van der Waals surface area contributed by atoms with Crippen LogP contribution in [-0.4, -0.2) is 16.7 Å². The summed E-state index contributed by atoms with van der Waals surface area (Å²) in [5.74, 6) is -0.817. The highest BCUT2D eigenvalue weighted by molar-refractivity contribution is 7.14. The van der Waals surface area contributed by atoms with Gasteiger partial charge in [0.2, 0.25) is 5.91 Å². The molecule has 4 rings (SSSR count). The maximum Gasteiger partial charge on any atom is 0.230 e. The Kier molecular flexibility index (Phi) is 4.88. The molecule has 2 aromatic carbocycles. The van der Waals surface area contributed by atoms with E-state index in [0.29, 0.717) is 22.8 Å². The molecule has 1 heterocycles. The molecule has 28 heavy (non-hydrogen) atoms. The van der Waals surface area contributed by atoms with Crippen molar-refractivity contribution in [2.75, 3.05) is 4.90 Å². The van der Waals surface area contributed by atoms with Crippen LogP contribution in [0.25, 0.3) is 6.08 Å². The first-order valence-corrected chi connectivity index (χ1v) is 9.76. The Bertz CT molecular complexity index is 1100. The smallest absolute Gasteiger partial charge is 0.230 e. The molecule has 0 saturated heterocycles. The summed E-state index contributed by atoms with van der Waals surface area (Å²) in [6.07, 6.45) is 3.21. The lowest BCUT2D eigenvalue weighted by Crippen LogP contribution is -2.23. The number of carbonyl (C=O) groups is 2. The molecule has 0 aliphatic heterocycles. The number of aryl methyl sites for hydroxylation is 1. The molecule has 0 atom stereocenters. The summed E-state index contributed by atoms with van der Waals surface area (Å²) < 4.78 is 14.2. The highest BCUT2D eigenvalue weighted by atomic mass is 32.1. The molecule has 0 fully saturated rings. The van der Waals surface area contributed by atoms with E-state index in [1.54, 1.807) is 23.6 Å². The van der Waals surface area contributed by atoms with Gasteiger partial charge >= 0.3 is 0 Å². The van der Waals surface area contributed by atoms with Crippen LogP contribution in [0.1, 0.15) is 35.0 Å². The van der Waals surface area contributed by atoms with Crippen molar-refractivity contribution < 1.29 is 14.0 Å². The summed E-state index contributed by atoms with van der Waals surface area (Å²) in [6, 6.07) is 13.7. The van der Waals surface area contributed by atoms with Gasteiger partial charge in [-0.15, -0.1) is 11.3 Å². The van der Waals surface area contributed by atoms with Gasteiger partial charge in [0.15, 0.2) is 10.9 Å². The molecule has 140 valence electrons. The first-order valence-electron chi connectivity index (χ1n) is 8.88. The Morgan fingerprint density at radius 1 is 1.14 bits per heavy atom. The number of thiazole rings is 1. The lowest BCUT2D eigenvalue weighted by Gasteiger charge is -2.18. The van der Waals surface area contributed by atoms with Crippen LogP contribution in [0.4, 0.5) is 15.2 Å². The minimum absolute atomic E-state index is 0.00827. The zero-order chi connectivity index (χ0) is 19.7. The fourth-order valence-corrected chi connectivity index (χ4v) is 4.15. The molecule has 6 heteroatoms. The average molecular weight is 392 g/mol. The van der Waals surface area contributed by atoms with Crippen molar-refractivity contribution >= 4 is 39.9 Å². The number of para-hydroxylation sites is 1. The predicted molar refractivity (Wildman–Crippen MR) is 108 cm³/mol. The maximum atomic E-state index is 14.2. The number of benzene rings is 2. The van der Waals surface area contributed by atoms with Crippen molar-refractivity contribution in [1.29, 1.82) is 0 Å². The molecule has 1 aliphatic carbocycles. The number of Topliss-reactive ketones (excluding diaryl/α,β-unsaturated/α-hetero) is 1. The van der Waals surface area contributed by atoms with Crippen LogP contribution < -0.4 is 4.90 Å². The van der Waals surface area contributed by atoms with Gasteiger partial charge in [-0.05, 0) is 36.6 Å². The van der Waals surface area contributed by atoms with E-state index < -0.39 is 5.82 Å². The summed E-state index contributed by atoms with van der Waals surface area (Å²) in [4.78, 5) is 30.6. The first-order chi connectivity index (χ1) is 13.5. The normalized spacial score (nSPS) is 14.8. The molecule has 0 spiro atoms. The molecule has 1 aliphatic rings. The number of hydrogen-bond donors (Lipinski definition) is 0. The van der Waals surface area contributed by atoms with Crippen molar-refractivity contribution in [2.45, 2.75) is 19.8 Å². The highest BCUT2D eigenvalue weighted by Gasteiger charge is 2.23. The molecule has 4 nitrogen and oxygen atoms in total. The summed E-state index contributed by atoms with van der Waals surface area (Å²) in [5.41, 5.74) is 3.23. The molecular formula is C22H17FN2O2S. The third-order valence-electron chi connectivity index (χ3n) is 4.65. The molecule has 0 N–H and O–H groups in total. The van der Waals surface area contributed by atoms with Crippen LogP contribution >= 0.6 is 11.3 Å². The van der Waals surface area contributed by atoms with Crippen molar-refractivity contribution in [3.05, 3.63) is 82.1 Å². The zero-order valence-electron chi connectivity index (χ0n) is 15.2. The van der Waals surface area contributed by atoms with Gasteiger partial charge in [0.1, 0.15) is 5.82 Å². The van der Waals surface area contributed by atoms with E-state index in [0.717, 1.165) is 17.5 Å². The fourth-order valence-electron chi connectivity index (χ4n) is 3.32. The van der Waals surface area contributed by atoms with E-state index in [1.807, 2.05) is 24.3 Å². The van der Waals surface area contributed by atoms with Crippen molar-refractivity contribution in [3.63, 3.8) is 0 Å². The number of ketones is 1. The number of rotatable bonds is 3. The number of hydrogen-bond acceptors (Lipinski definition) is 4. The molecule has 0 saturated carbocycles. The molecule has 0 unspecified atom stereocenters. The molecule has 0 bridgehead atoms. The van der Waals surface area contributed by atoms with Gasteiger partial charge in [-0.2, -0.15) is 0 Å². The number of amides is 1. The van der Waals surface area contributed by atoms with E-state index >= 15 is 0 Å². The number of allylic oxidation sites excluding steroid dienone is 1. The SMILES string of the molecule is CC(=O)N(c1nc(/C=C2\CCc3ccccc3C2=O)cs1)c1ccccc1F. The van der Waals surface area contributed by atoms with Gasteiger partial charge in [0, 0.05) is 23.4 Å². The lowest BCUT2D eigenvalue weighted by atomic mass is 9.86. The largest absolute Gasteiger partial charge is 0.289 e. The molecule has 3 aromatic rings. The van der Waals surface area contributed by atoms with Gasteiger partial charge in [0.25, 0.3) is 0 Å². The minimum Gasteiger partial charge on any atom is -0.289 e. The first kappa shape index (κ1) is 18.3. The molecule has 1 amide bonds. The fraction of sp³-hybridized carbons (Fsp3) is 0.136. The van der Waals surface area contributed by atoms with Crippen molar-refractivity contribution in [3.8, 4) is 0 Å². The van der Waals surface area contributed by atoms with Gasteiger partial charge in [-0.1, -0.05) is 36.4 Å². The number of fused-ring (bicyclic) bond motifs is 1. The van der Waals surface area contributed by atoms with E-state index in [2.05, 4.69) is 4.98 Å². The molecular weight excluding hydrogens is 375 g/mol. The summed E-state index contributed by atoms with van der Waals surface area (Å²) in [6.45, 7) is 1.37. The van der Waals surface area contributed by atoms with Crippen LogP contribution in [0.2, 0.25) is 0 Å². The zero-order valence-corrected chi connectivity index (χ0v) is 16.0. The van der Waals surface area contributed by atoms with Crippen LogP contribution in [0.15, 0.2) is 59.5 Å². The van der Waals surface area contributed by atoms with Gasteiger partial charge in [0.05, 0.1) is 11.4 Å². The van der Waals surface area contributed by atoms with Crippen molar-refractivity contribution in [1.82, 2.24) is 4.98 Å². The number of aromatic nitrogens is 1. The number of anilines is 2. The Hall–Kier alpha value is -3.12. The van der Waals surface area contributed by atoms with Crippen molar-refractivity contribution in [2.24, 2.45) is 0 Å². The van der Waals surface area contributed by atoms with E-state index in [9.17, 15) is 14.0 Å². The third kappa shape index (κ3) is 3.39. The number of nitrogens with zero attached hydrogens (tertiary/aromatic N) is 2. The third-order valence-corrected chi connectivity index (χ3v) is 5.49. The second-order valence-corrected chi connectivity index (χ2v) is 7.35. The second-order valence-electron chi connectivity index (χ2n) is 6.52. The van der Waals surface area contributed by atoms with Gasteiger partial charge < -0.3 is 0 Å². The van der Waals surface area contributed by atoms with Gasteiger partial charge in [-0.25, -0.2) is 9.37 Å². The van der Waals surface area contributed by atoms with Crippen LogP contribution in [0, 0.1) is 5.82 Å². The summed E-state index contributed by atoms with van der Waals surface area (Å²) in [5, 5.41) is 2.14. The monoisotopic (exact) mass is 392 g/mol. The Morgan fingerprint density at radius 2 is 1.89 bits per heavy atom. The summed E-state index contributed by atoms with van der Waals surface area (Å²) in [7, 11) is 0. The van der Waals surface area contributed by atoms with E-state index in [-0.39, 0.29) is 17.4 Å². The van der Waals surface area contributed by atoms with Crippen LogP contribution in [0.5, 0.6) is 0 Å². The quantitative estimate of drug-likeness (QED) is 0.577. The number of carbonyl (C=O) groups excluding carboxylic acids is 2. The lowest BCUT2D eigenvalue weighted by molar-refractivity contribution is -0.115. The Morgan fingerprint density at radius 3 is 2.68 bits per heavy atom. The Balaban J connectivity index is 1.66. The average Bonchev–Trinajstić information content (AvgIpc) is 3.14. The van der Waals surface area contributed by atoms with Crippen LogP contribution in [0.3, 0.4) is 0 Å². The standard InChI is InChI=1S/C22H17FN2O2S/c1-14(26)25(20-9-5-4-8-19(20)23)22-24-17(13-28-22)12-16-11-10-15-6-2-3-7-18(15)21(16)27/h2-9,12-13H,10-11H2,1H3/b16-12+. The highest BCUT2D eigenvalue weighted by Crippen LogP contribution is 2.32. The van der Waals surface area contributed by atoms with E-state index in [4.69, 9.17) is 0 Å². The van der Waals surface area contributed by atoms with Crippen LogP contribution in [-0.2, 0) is 11.2 Å². The predicted octanol–water partition coefficient (Wildman–Crippen LogP) is 5.18. The minimum atomic E-state index is -0.494. The van der Waals surface area contributed by atoms with Gasteiger partial charge in [-0.3, -0.25) is 14.5 Å². The topological polar surface area (TPSA) is 50.3 Å². The maximum absolute atomic E-state index is 14.2. The molecule has 1 aromatic heterocycles. The summed E-state index contributed by atoms with van der Waals surface area (Å²) >= 11 is 1.24. The second kappa shape index (κ2) is 7.48. The number of halogens is 1. The molecule has 0 radical (unpaired) electrons. The Labute approximate surface area is 166 Å². The van der Waals surface area contributed by atoms with E-state index in [1.165, 1.54) is 35.3 Å².